The first-order chi connectivity index (χ1) is 16.2. The standard InChI is InChI=1S/C27H28N4O2/c1-2-24(21-9-4-3-5-10-21)27(32)31-16-14-30(15-17-31)19-25-28-26(33-29-25)23-13-12-20-8-6-7-11-22(20)18-23/h3-13,18,24H,2,14-17,19H2,1H3. The molecule has 0 N–H and O–H groups in total. The number of hydrogen-bond acceptors (Lipinski definition) is 5. The van der Waals surface area contributed by atoms with E-state index in [9.17, 15) is 4.79 Å². The molecule has 6 nitrogen and oxygen atoms in total. The average Bonchev–Trinajstić information content (AvgIpc) is 3.34. The molecule has 1 saturated heterocycles. The lowest BCUT2D eigenvalue weighted by Crippen LogP contribution is -2.49. The third-order valence-corrected chi connectivity index (χ3v) is 6.42. The Morgan fingerprint density at radius 1 is 0.939 bits per heavy atom. The summed E-state index contributed by atoms with van der Waals surface area (Å²) in [5, 5.41) is 6.53. The summed E-state index contributed by atoms with van der Waals surface area (Å²) in [6.45, 7) is 5.74. The number of fused-ring (bicyclic) bond motifs is 1. The zero-order valence-corrected chi connectivity index (χ0v) is 18.9. The Kier molecular flexibility index (Phi) is 6.17. The highest BCUT2D eigenvalue weighted by molar-refractivity contribution is 5.86. The smallest absolute Gasteiger partial charge is 0.257 e. The Hall–Kier alpha value is -3.51. The van der Waals surface area contributed by atoms with E-state index >= 15 is 0 Å². The monoisotopic (exact) mass is 440 g/mol. The van der Waals surface area contributed by atoms with E-state index in [1.165, 1.54) is 5.39 Å². The average molecular weight is 441 g/mol. The van der Waals surface area contributed by atoms with E-state index in [0.29, 0.717) is 18.3 Å². The van der Waals surface area contributed by atoms with Gasteiger partial charge in [-0.1, -0.05) is 72.7 Å². The van der Waals surface area contributed by atoms with Crippen LogP contribution in [0.3, 0.4) is 0 Å². The predicted octanol–water partition coefficient (Wildman–Crippen LogP) is 4.73. The van der Waals surface area contributed by atoms with Gasteiger partial charge in [0.15, 0.2) is 5.82 Å². The molecule has 0 spiro atoms. The topological polar surface area (TPSA) is 62.5 Å². The van der Waals surface area contributed by atoms with Gasteiger partial charge in [0, 0.05) is 31.7 Å². The van der Waals surface area contributed by atoms with Crippen molar-refractivity contribution < 1.29 is 9.32 Å². The summed E-state index contributed by atoms with van der Waals surface area (Å²) in [5.74, 6) is 1.37. The van der Waals surface area contributed by atoms with Gasteiger partial charge in [-0.3, -0.25) is 9.69 Å². The summed E-state index contributed by atoms with van der Waals surface area (Å²) in [6, 6.07) is 24.5. The van der Waals surface area contributed by atoms with E-state index in [0.717, 1.165) is 49.1 Å². The van der Waals surface area contributed by atoms with E-state index in [2.05, 4.69) is 46.2 Å². The zero-order chi connectivity index (χ0) is 22.6. The number of hydrogen-bond donors (Lipinski definition) is 0. The SMILES string of the molecule is CCC(C(=O)N1CCN(Cc2noc(-c3ccc4ccccc4c3)n2)CC1)c1ccccc1. The highest BCUT2D eigenvalue weighted by Gasteiger charge is 2.28. The summed E-state index contributed by atoms with van der Waals surface area (Å²) in [7, 11) is 0. The van der Waals surface area contributed by atoms with E-state index < -0.39 is 0 Å². The fourth-order valence-electron chi connectivity index (χ4n) is 4.54. The lowest BCUT2D eigenvalue weighted by Gasteiger charge is -2.36. The number of piperazine rings is 1. The zero-order valence-electron chi connectivity index (χ0n) is 18.9. The Balaban J connectivity index is 1.19. The molecule has 3 aromatic carbocycles. The van der Waals surface area contributed by atoms with Gasteiger partial charge in [0.1, 0.15) is 0 Å². The van der Waals surface area contributed by atoms with Gasteiger partial charge in [-0.2, -0.15) is 4.98 Å². The van der Waals surface area contributed by atoms with Crippen molar-refractivity contribution in [2.45, 2.75) is 25.8 Å². The van der Waals surface area contributed by atoms with Crippen LogP contribution in [-0.2, 0) is 11.3 Å². The quantitative estimate of drug-likeness (QED) is 0.434. The molecule has 1 atom stereocenters. The minimum Gasteiger partial charge on any atom is -0.340 e. The fraction of sp³-hybridized carbons (Fsp3) is 0.296. The van der Waals surface area contributed by atoms with Crippen molar-refractivity contribution in [2.24, 2.45) is 0 Å². The third kappa shape index (κ3) is 4.66. The molecule has 1 aliphatic rings. The fourth-order valence-corrected chi connectivity index (χ4v) is 4.54. The van der Waals surface area contributed by atoms with Gasteiger partial charge in [-0.05, 0) is 34.9 Å². The van der Waals surface area contributed by atoms with Gasteiger partial charge >= 0.3 is 0 Å². The molecule has 2 heterocycles. The molecule has 6 heteroatoms. The second-order valence-electron chi connectivity index (χ2n) is 8.55. The van der Waals surface area contributed by atoms with Crippen molar-refractivity contribution >= 4 is 16.7 Å². The van der Waals surface area contributed by atoms with Crippen LogP contribution in [0.15, 0.2) is 77.3 Å². The van der Waals surface area contributed by atoms with Crippen molar-refractivity contribution in [1.29, 1.82) is 0 Å². The summed E-state index contributed by atoms with van der Waals surface area (Å²) in [5.41, 5.74) is 2.02. The highest BCUT2D eigenvalue weighted by atomic mass is 16.5. The number of aromatic nitrogens is 2. The predicted molar refractivity (Wildman–Crippen MR) is 129 cm³/mol. The lowest BCUT2D eigenvalue weighted by atomic mass is 9.95. The van der Waals surface area contributed by atoms with E-state index in [-0.39, 0.29) is 11.8 Å². The van der Waals surface area contributed by atoms with Crippen LogP contribution in [0.1, 0.15) is 30.7 Å². The number of carbonyl (C=O) groups excluding carboxylic acids is 1. The van der Waals surface area contributed by atoms with E-state index in [1.54, 1.807) is 0 Å². The van der Waals surface area contributed by atoms with Crippen LogP contribution in [-0.4, -0.2) is 52.0 Å². The molecular weight excluding hydrogens is 412 g/mol. The van der Waals surface area contributed by atoms with Crippen LogP contribution in [0.2, 0.25) is 0 Å². The molecule has 0 bridgehead atoms. The first kappa shape index (κ1) is 21.3. The summed E-state index contributed by atoms with van der Waals surface area (Å²) in [6.07, 6.45) is 0.809. The Morgan fingerprint density at radius 3 is 2.42 bits per heavy atom. The lowest BCUT2D eigenvalue weighted by molar-refractivity contribution is -0.134. The second kappa shape index (κ2) is 9.55. The number of amides is 1. The first-order valence-electron chi connectivity index (χ1n) is 11.6. The van der Waals surface area contributed by atoms with Gasteiger partial charge in [-0.25, -0.2) is 0 Å². The summed E-state index contributed by atoms with van der Waals surface area (Å²) < 4.78 is 5.54. The minimum atomic E-state index is -0.0699. The molecule has 4 aromatic rings. The molecule has 1 amide bonds. The second-order valence-corrected chi connectivity index (χ2v) is 8.55. The van der Waals surface area contributed by atoms with Crippen molar-refractivity contribution in [2.75, 3.05) is 26.2 Å². The van der Waals surface area contributed by atoms with Crippen molar-refractivity contribution in [3.63, 3.8) is 0 Å². The molecule has 33 heavy (non-hydrogen) atoms. The van der Waals surface area contributed by atoms with Gasteiger partial charge in [0.05, 0.1) is 12.5 Å². The van der Waals surface area contributed by atoms with Crippen LogP contribution in [0.25, 0.3) is 22.2 Å². The van der Waals surface area contributed by atoms with E-state index in [4.69, 9.17) is 4.52 Å². The van der Waals surface area contributed by atoms with Gasteiger partial charge in [0.2, 0.25) is 5.91 Å². The van der Waals surface area contributed by atoms with Gasteiger partial charge < -0.3 is 9.42 Å². The molecule has 0 saturated carbocycles. The molecule has 1 unspecified atom stereocenters. The Bertz CT molecular complexity index is 1230. The molecule has 0 radical (unpaired) electrons. The van der Waals surface area contributed by atoms with E-state index in [1.807, 2.05) is 53.4 Å². The van der Waals surface area contributed by atoms with Crippen molar-refractivity contribution in [3.05, 3.63) is 84.2 Å². The minimum absolute atomic E-state index is 0.0699. The van der Waals surface area contributed by atoms with Crippen LogP contribution in [0.4, 0.5) is 0 Å². The third-order valence-electron chi connectivity index (χ3n) is 6.42. The summed E-state index contributed by atoms with van der Waals surface area (Å²) in [4.78, 5) is 22.0. The molecule has 1 aliphatic heterocycles. The number of nitrogens with zero attached hydrogens (tertiary/aromatic N) is 4. The first-order valence-corrected chi connectivity index (χ1v) is 11.6. The molecule has 1 fully saturated rings. The van der Waals surface area contributed by atoms with Crippen LogP contribution in [0.5, 0.6) is 0 Å². The normalized spacial score (nSPS) is 15.6. The maximum absolute atomic E-state index is 13.1. The molecule has 0 aliphatic carbocycles. The Morgan fingerprint density at radius 2 is 1.67 bits per heavy atom. The van der Waals surface area contributed by atoms with Gasteiger partial charge in [-0.15, -0.1) is 0 Å². The Labute approximate surface area is 193 Å². The molecular formula is C27H28N4O2. The largest absolute Gasteiger partial charge is 0.340 e. The van der Waals surface area contributed by atoms with Gasteiger partial charge in [0.25, 0.3) is 5.89 Å². The molecule has 168 valence electrons. The number of carbonyl (C=O) groups is 1. The van der Waals surface area contributed by atoms with Crippen LogP contribution < -0.4 is 0 Å². The maximum atomic E-state index is 13.1. The summed E-state index contributed by atoms with van der Waals surface area (Å²) >= 11 is 0. The maximum Gasteiger partial charge on any atom is 0.257 e. The number of rotatable bonds is 6. The van der Waals surface area contributed by atoms with Crippen LogP contribution >= 0.6 is 0 Å². The van der Waals surface area contributed by atoms with Crippen molar-refractivity contribution in [3.8, 4) is 11.5 Å². The number of benzene rings is 3. The van der Waals surface area contributed by atoms with Crippen molar-refractivity contribution in [1.82, 2.24) is 19.9 Å². The van der Waals surface area contributed by atoms with Crippen LogP contribution in [0, 0.1) is 0 Å². The molecule has 5 rings (SSSR count). The highest BCUT2D eigenvalue weighted by Crippen LogP contribution is 2.25. The molecule has 1 aromatic heterocycles.